The Morgan fingerprint density at radius 2 is 1.88 bits per heavy atom. The normalized spacial score (nSPS) is 30.0. The Kier molecular flexibility index (Phi) is 4.49. The first-order valence-electron chi connectivity index (χ1n) is 9.37. The Morgan fingerprint density at radius 3 is 2.54 bits per heavy atom. The van der Waals surface area contributed by atoms with Gasteiger partial charge in [0, 0.05) is 13.1 Å². The van der Waals surface area contributed by atoms with Gasteiger partial charge in [-0.15, -0.1) is 0 Å². The van der Waals surface area contributed by atoms with E-state index < -0.39 is 6.09 Å². The SMILES string of the molecule is O=C(O)N1C[C@H]2C[C@H](OCc3cccc(C4CCCC4)c3)C[C@H]2C1. The van der Waals surface area contributed by atoms with E-state index in [-0.39, 0.29) is 0 Å². The highest BCUT2D eigenvalue weighted by Crippen LogP contribution is 2.40. The molecule has 24 heavy (non-hydrogen) atoms. The maximum Gasteiger partial charge on any atom is 0.407 e. The van der Waals surface area contributed by atoms with Crippen LogP contribution in [0.15, 0.2) is 24.3 Å². The fourth-order valence-electron chi connectivity index (χ4n) is 4.95. The van der Waals surface area contributed by atoms with E-state index in [1.54, 1.807) is 4.90 Å². The van der Waals surface area contributed by atoms with Gasteiger partial charge in [0.1, 0.15) is 0 Å². The molecule has 1 aromatic carbocycles. The third kappa shape index (κ3) is 3.30. The zero-order valence-electron chi connectivity index (χ0n) is 14.2. The summed E-state index contributed by atoms with van der Waals surface area (Å²) in [6, 6.07) is 8.93. The average Bonchev–Trinajstić information content (AvgIpc) is 3.28. The largest absolute Gasteiger partial charge is 0.465 e. The molecule has 0 bridgehead atoms. The summed E-state index contributed by atoms with van der Waals surface area (Å²) in [4.78, 5) is 12.6. The van der Waals surface area contributed by atoms with Crippen LogP contribution in [0.1, 0.15) is 55.6 Å². The third-order valence-electron chi connectivity index (χ3n) is 6.24. The minimum Gasteiger partial charge on any atom is -0.465 e. The maximum atomic E-state index is 11.1. The van der Waals surface area contributed by atoms with E-state index in [1.807, 2.05) is 0 Å². The molecule has 3 atom stereocenters. The number of likely N-dealkylation sites (tertiary alicyclic amines) is 1. The van der Waals surface area contributed by atoms with E-state index in [4.69, 9.17) is 9.84 Å². The molecule has 1 heterocycles. The van der Waals surface area contributed by atoms with Crippen molar-refractivity contribution in [2.45, 2.75) is 57.2 Å². The summed E-state index contributed by atoms with van der Waals surface area (Å²) in [6.45, 7) is 2.07. The summed E-state index contributed by atoms with van der Waals surface area (Å²) in [5, 5.41) is 9.10. The lowest BCUT2D eigenvalue weighted by Gasteiger charge is -2.17. The van der Waals surface area contributed by atoms with Crippen molar-refractivity contribution in [1.29, 1.82) is 0 Å². The Balaban J connectivity index is 1.29. The molecule has 1 aliphatic heterocycles. The molecule has 1 N–H and O–H groups in total. The van der Waals surface area contributed by atoms with Gasteiger partial charge >= 0.3 is 6.09 Å². The molecule has 4 heteroatoms. The molecule has 1 aromatic rings. The molecule has 0 unspecified atom stereocenters. The number of ether oxygens (including phenoxy) is 1. The van der Waals surface area contributed by atoms with Gasteiger partial charge in [0.2, 0.25) is 0 Å². The van der Waals surface area contributed by atoms with Crippen molar-refractivity contribution in [2.24, 2.45) is 11.8 Å². The zero-order chi connectivity index (χ0) is 16.5. The van der Waals surface area contributed by atoms with Crippen LogP contribution < -0.4 is 0 Å². The van der Waals surface area contributed by atoms with E-state index in [0.29, 0.717) is 37.6 Å². The minimum absolute atomic E-state index is 0.297. The number of hydrogen-bond donors (Lipinski definition) is 1. The summed E-state index contributed by atoms with van der Waals surface area (Å²) in [5.41, 5.74) is 2.76. The quantitative estimate of drug-likeness (QED) is 0.898. The number of carboxylic acid groups (broad SMARTS) is 1. The molecule has 2 saturated carbocycles. The molecule has 0 radical (unpaired) electrons. The van der Waals surface area contributed by atoms with Crippen LogP contribution in [-0.4, -0.2) is 35.3 Å². The van der Waals surface area contributed by atoms with Gasteiger partial charge < -0.3 is 14.7 Å². The van der Waals surface area contributed by atoms with Gasteiger partial charge in [0.15, 0.2) is 0 Å². The molecule has 130 valence electrons. The molecule has 3 fully saturated rings. The summed E-state index contributed by atoms with van der Waals surface area (Å²) >= 11 is 0. The van der Waals surface area contributed by atoms with Crippen LogP contribution in [0.5, 0.6) is 0 Å². The molecular formula is C20H27NO3. The molecule has 4 nitrogen and oxygen atoms in total. The van der Waals surface area contributed by atoms with Crippen molar-refractivity contribution in [1.82, 2.24) is 4.90 Å². The summed E-state index contributed by atoms with van der Waals surface area (Å²) < 4.78 is 6.17. The Bertz CT molecular complexity index is 582. The first-order chi connectivity index (χ1) is 11.7. The van der Waals surface area contributed by atoms with Crippen molar-refractivity contribution < 1.29 is 14.6 Å². The molecule has 1 saturated heterocycles. The fraction of sp³-hybridized carbons (Fsp3) is 0.650. The average molecular weight is 329 g/mol. The number of carbonyl (C=O) groups is 1. The predicted octanol–water partition coefficient (Wildman–Crippen LogP) is 4.25. The van der Waals surface area contributed by atoms with Crippen LogP contribution in [0.2, 0.25) is 0 Å². The maximum absolute atomic E-state index is 11.1. The van der Waals surface area contributed by atoms with Crippen molar-refractivity contribution in [3.8, 4) is 0 Å². The fourth-order valence-corrected chi connectivity index (χ4v) is 4.95. The topological polar surface area (TPSA) is 49.8 Å². The molecule has 0 aromatic heterocycles. The van der Waals surface area contributed by atoms with Gasteiger partial charge in [0.05, 0.1) is 12.7 Å². The van der Waals surface area contributed by atoms with Crippen molar-refractivity contribution in [3.05, 3.63) is 35.4 Å². The van der Waals surface area contributed by atoms with E-state index >= 15 is 0 Å². The lowest BCUT2D eigenvalue weighted by molar-refractivity contribution is 0.0375. The van der Waals surface area contributed by atoms with Gasteiger partial charge in [-0.25, -0.2) is 4.79 Å². The first kappa shape index (κ1) is 15.9. The van der Waals surface area contributed by atoms with Crippen LogP contribution in [0.3, 0.4) is 0 Å². The van der Waals surface area contributed by atoms with E-state index in [0.717, 1.165) is 18.8 Å². The lowest BCUT2D eigenvalue weighted by atomic mass is 9.96. The van der Waals surface area contributed by atoms with Crippen LogP contribution in [-0.2, 0) is 11.3 Å². The van der Waals surface area contributed by atoms with Crippen LogP contribution in [0.4, 0.5) is 4.79 Å². The number of fused-ring (bicyclic) bond motifs is 1. The van der Waals surface area contributed by atoms with Gasteiger partial charge in [0.25, 0.3) is 0 Å². The smallest absolute Gasteiger partial charge is 0.407 e. The predicted molar refractivity (Wildman–Crippen MR) is 92.0 cm³/mol. The van der Waals surface area contributed by atoms with Gasteiger partial charge in [-0.1, -0.05) is 37.1 Å². The van der Waals surface area contributed by atoms with Crippen LogP contribution in [0.25, 0.3) is 0 Å². The summed E-state index contributed by atoms with van der Waals surface area (Å²) in [6.07, 6.45) is 6.93. The standard InChI is InChI=1S/C20H27NO3/c22-20(23)21-11-17-9-19(10-18(17)12-21)24-13-14-4-3-7-16(8-14)15-5-1-2-6-15/h3-4,7-8,15,17-19H,1-2,5-6,9-13H2,(H,22,23)/t17-,18+,19+. The molecule has 1 amide bonds. The second-order valence-electron chi connectivity index (χ2n) is 7.84. The molecule has 0 spiro atoms. The first-order valence-corrected chi connectivity index (χ1v) is 9.37. The Morgan fingerprint density at radius 1 is 1.17 bits per heavy atom. The number of amides is 1. The van der Waals surface area contributed by atoms with E-state index in [2.05, 4.69) is 24.3 Å². The van der Waals surface area contributed by atoms with Crippen molar-refractivity contribution in [3.63, 3.8) is 0 Å². The van der Waals surface area contributed by atoms with Crippen LogP contribution in [0, 0.1) is 11.8 Å². The third-order valence-corrected chi connectivity index (χ3v) is 6.24. The zero-order valence-corrected chi connectivity index (χ0v) is 14.2. The van der Waals surface area contributed by atoms with Gasteiger partial charge in [-0.3, -0.25) is 0 Å². The highest BCUT2D eigenvalue weighted by Gasteiger charge is 2.42. The number of benzene rings is 1. The highest BCUT2D eigenvalue weighted by atomic mass is 16.5. The van der Waals surface area contributed by atoms with Crippen LogP contribution >= 0.6 is 0 Å². The summed E-state index contributed by atoms with van der Waals surface area (Å²) in [7, 11) is 0. The number of rotatable bonds is 4. The Labute approximate surface area is 143 Å². The highest BCUT2D eigenvalue weighted by molar-refractivity contribution is 5.65. The minimum atomic E-state index is -0.773. The molecule has 3 aliphatic rings. The second kappa shape index (κ2) is 6.75. The molecular weight excluding hydrogens is 302 g/mol. The van der Waals surface area contributed by atoms with E-state index in [9.17, 15) is 4.79 Å². The number of nitrogens with zero attached hydrogens (tertiary/aromatic N) is 1. The molecule has 4 rings (SSSR count). The lowest BCUT2D eigenvalue weighted by Crippen LogP contribution is -2.28. The van der Waals surface area contributed by atoms with Crippen molar-refractivity contribution in [2.75, 3.05) is 13.1 Å². The number of hydrogen-bond acceptors (Lipinski definition) is 2. The monoisotopic (exact) mass is 329 g/mol. The van der Waals surface area contributed by atoms with E-state index in [1.165, 1.54) is 36.8 Å². The Hall–Kier alpha value is -1.55. The van der Waals surface area contributed by atoms with Gasteiger partial charge in [-0.05, 0) is 54.6 Å². The van der Waals surface area contributed by atoms with Gasteiger partial charge in [-0.2, -0.15) is 0 Å². The second-order valence-corrected chi connectivity index (χ2v) is 7.84. The van der Waals surface area contributed by atoms with Crippen molar-refractivity contribution >= 4 is 6.09 Å². The molecule has 2 aliphatic carbocycles. The summed E-state index contributed by atoms with van der Waals surface area (Å²) in [5.74, 6) is 1.74.